The highest BCUT2D eigenvalue weighted by Crippen LogP contribution is 2.16. The number of benzene rings is 2. The summed E-state index contributed by atoms with van der Waals surface area (Å²) in [5.74, 6) is -0.857. The standard InChI is InChI=1S/C14H10ClFN2OS/c15-9-3-1-8(2-4-9)14(19)18-10-5-6-12(16)11(7-10)13(17)20/h1-7H,(H2,17,20)(H,18,19). The number of carbonyl (C=O) groups excluding carboxylic acids is 1. The Morgan fingerprint density at radius 2 is 1.85 bits per heavy atom. The first kappa shape index (κ1) is 14.4. The van der Waals surface area contributed by atoms with Crippen LogP contribution in [0.1, 0.15) is 15.9 Å². The molecule has 3 nitrogen and oxygen atoms in total. The molecule has 0 aromatic heterocycles. The molecule has 0 atom stereocenters. The summed E-state index contributed by atoms with van der Waals surface area (Å²) in [6.07, 6.45) is 0. The molecule has 0 saturated heterocycles. The number of hydrogen-bond donors (Lipinski definition) is 2. The van der Waals surface area contributed by atoms with Gasteiger partial charge in [-0.3, -0.25) is 4.79 Å². The van der Waals surface area contributed by atoms with Crippen LogP contribution in [0.2, 0.25) is 5.02 Å². The molecule has 1 amide bonds. The molecule has 0 radical (unpaired) electrons. The molecule has 20 heavy (non-hydrogen) atoms. The van der Waals surface area contributed by atoms with Crippen LogP contribution in [-0.4, -0.2) is 10.9 Å². The van der Waals surface area contributed by atoms with Gasteiger partial charge in [-0.25, -0.2) is 4.39 Å². The van der Waals surface area contributed by atoms with Crippen molar-refractivity contribution in [2.24, 2.45) is 5.73 Å². The summed E-state index contributed by atoms with van der Waals surface area (Å²) in [6.45, 7) is 0. The smallest absolute Gasteiger partial charge is 0.255 e. The Hall–Kier alpha value is -1.98. The minimum Gasteiger partial charge on any atom is -0.389 e. The zero-order chi connectivity index (χ0) is 14.7. The van der Waals surface area contributed by atoms with Crippen molar-refractivity contribution >= 4 is 40.4 Å². The van der Waals surface area contributed by atoms with Crippen molar-refractivity contribution in [3.05, 3.63) is 64.4 Å². The van der Waals surface area contributed by atoms with E-state index >= 15 is 0 Å². The number of nitrogens with two attached hydrogens (primary N) is 1. The quantitative estimate of drug-likeness (QED) is 0.855. The Bertz CT molecular complexity index is 673. The molecule has 0 bridgehead atoms. The Labute approximate surface area is 125 Å². The molecule has 6 heteroatoms. The van der Waals surface area contributed by atoms with Crippen LogP contribution in [0.25, 0.3) is 0 Å². The highest BCUT2D eigenvalue weighted by Gasteiger charge is 2.09. The van der Waals surface area contributed by atoms with Crippen molar-refractivity contribution in [1.29, 1.82) is 0 Å². The normalized spacial score (nSPS) is 10.1. The van der Waals surface area contributed by atoms with Crippen molar-refractivity contribution in [3.63, 3.8) is 0 Å². The van der Waals surface area contributed by atoms with Gasteiger partial charge in [-0.1, -0.05) is 23.8 Å². The lowest BCUT2D eigenvalue weighted by Crippen LogP contribution is -2.15. The third-order valence-electron chi connectivity index (χ3n) is 2.60. The van der Waals surface area contributed by atoms with Gasteiger partial charge in [0.05, 0.1) is 0 Å². The number of anilines is 1. The molecule has 2 aromatic carbocycles. The van der Waals surface area contributed by atoms with E-state index in [1.54, 1.807) is 24.3 Å². The predicted octanol–water partition coefficient (Wildman–Crippen LogP) is 3.37. The highest BCUT2D eigenvalue weighted by atomic mass is 35.5. The van der Waals surface area contributed by atoms with Gasteiger partial charge in [0.15, 0.2) is 0 Å². The summed E-state index contributed by atoms with van der Waals surface area (Å²) in [5.41, 5.74) is 6.35. The van der Waals surface area contributed by atoms with E-state index < -0.39 is 5.82 Å². The minimum absolute atomic E-state index is 0.0647. The minimum atomic E-state index is -0.526. The van der Waals surface area contributed by atoms with Gasteiger partial charge in [-0.05, 0) is 42.5 Å². The second-order valence-electron chi connectivity index (χ2n) is 4.02. The van der Waals surface area contributed by atoms with Gasteiger partial charge in [0.1, 0.15) is 10.8 Å². The topological polar surface area (TPSA) is 55.1 Å². The van der Waals surface area contributed by atoms with Gasteiger partial charge in [0, 0.05) is 21.8 Å². The van der Waals surface area contributed by atoms with Crippen LogP contribution in [0.4, 0.5) is 10.1 Å². The summed E-state index contributed by atoms with van der Waals surface area (Å²) < 4.78 is 13.4. The number of amides is 1. The Morgan fingerprint density at radius 3 is 2.45 bits per heavy atom. The molecule has 102 valence electrons. The second kappa shape index (κ2) is 5.98. The Balaban J connectivity index is 2.21. The lowest BCUT2D eigenvalue weighted by Gasteiger charge is -2.08. The molecule has 2 aromatic rings. The van der Waals surface area contributed by atoms with Crippen LogP contribution in [-0.2, 0) is 0 Å². The summed E-state index contributed by atoms with van der Waals surface area (Å²) in [4.78, 5) is 11.9. The summed E-state index contributed by atoms with van der Waals surface area (Å²) in [7, 11) is 0. The number of thiocarbonyl (C=S) groups is 1. The van der Waals surface area contributed by atoms with E-state index in [1.165, 1.54) is 18.2 Å². The number of hydrogen-bond acceptors (Lipinski definition) is 2. The Morgan fingerprint density at radius 1 is 1.20 bits per heavy atom. The van der Waals surface area contributed by atoms with Crippen molar-refractivity contribution < 1.29 is 9.18 Å². The fourth-order valence-corrected chi connectivity index (χ4v) is 1.88. The molecule has 3 N–H and O–H groups in total. The van der Waals surface area contributed by atoms with Crippen LogP contribution < -0.4 is 11.1 Å². The van der Waals surface area contributed by atoms with E-state index in [0.29, 0.717) is 16.3 Å². The number of halogens is 2. The molecule has 0 spiro atoms. The van der Waals surface area contributed by atoms with Gasteiger partial charge in [-0.2, -0.15) is 0 Å². The van der Waals surface area contributed by atoms with Gasteiger partial charge in [0.2, 0.25) is 0 Å². The van der Waals surface area contributed by atoms with Crippen molar-refractivity contribution in [2.75, 3.05) is 5.32 Å². The molecular weight excluding hydrogens is 299 g/mol. The fourth-order valence-electron chi connectivity index (χ4n) is 1.60. The van der Waals surface area contributed by atoms with Gasteiger partial charge < -0.3 is 11.1 Å². The highest BCUT2D eigenvalue weighted by molar-refractivity contribution is 7.80. The molecule has 2 rings (SSSR count). The van der Waals surface area contributed by atoms with Crippen LogP contribution in [0.3, 0.4) is 0 Å². The molecule has 0 aliphatic heterocycles. The van der Waals surface area contributed by atoms with Crippen LogP contribution >= 0.6 is 23.8 Å². The Kier molecular flexibility index (Phi) is 4.32. The first-order valence-corrected chi connectivity index (χ1v) is 6.42. The number of nitrogens with one attached hydrogen (secondary N) is 1. The zero-order valence-corrected chi connectivity index (χ0v) is 11.8. The van der Waals surface area contributed by atoms with E-state index in [1.807, 2.05) is 0 Å². The summed E-state index contributed by atoms with van der Waals surface area (Å²) >= 11 is 10.5. The van der Waals surface area contributed by atoms with Crippen LogP contribution in [0.5, 0.6) is 0 Å². The summed E-state index contributed by atoms with van der Waals surface area (Å²) in [5, 5.41) is 3.18. The van der Waals surface area contributed by atoms with Crippen molar-refractivity contribution in [3.8, 4) is 0 Å². The van der Waals surface area contributed by atoms with E-state index in [9.17, 15) is 9.18 Å². The maximum Gasteiger partial charge on any atom is 0.255 e. The average molecular weight is 309 g/mol. The second-order valence-corrected chi connectivity index (χ2v) is 4.90. The molecule has 0 saturated carbocycles. The predicted molar refractivity (Wildman–Crippen MR) is 81.7 cm³/mol. The van der Waals surface area contributed by atoms with Crippen molar-refractivity contribution in [1.82, 2.24) is 0 Å². The molecule has 0 fully saturated rings. The van der Waals surface area contributed by atoms with Crippen molar-refractivity contribution in [2.45, 2.75) is 0 Å². The maximum absolute atomic E-state index is 13.4. The van der Waals surface area contributed by atoms with E-state index in [-0.39, 0.29) is 16.5 Å². The first-order valence-electron chi connectivity index (χ1n) is 5.63. The van der Waals surface area contributed by atoms with E-state index in [2.05, 4.69) is 5.32 Å². The third-order valence-corrected chi connectivity index (χ3v) is 3.07. The zero-order valence-electron chi connectivity index (χ0n) is 10.2. The fraction of sp³-hybridized carbons (Fsp3) is 0. The number of rotatable bonds is 3. The molecule has 0 aliphatic rings. The number of carbonyl (C=O) groups is 1. The SMILES string of the molecule is NC(=S)c1cc(NC(=O)c2ccc(Cl)cc2)ccc1F. The monoisotopic (exact) mass is 308 g/mol. The average Bonchev–Trinajstić information content (AvgIpc) is 2.41. The lowest BCUT2D eigenvalue weighted by molar-refractivity contribution is 0.102. The third kappa shape index (κ3) is 3.31. The maximum atomic E-state index is 13.4. The van der Waals surface area contributed by atoms with Gasteiger partial charge >= 0.3 is 0 Å². The molecule has 0 aliphatic carbocycles. The van der Waals surface area contributed by atoms with Crippen LogP contribution in [0, 0.1) is 5.82 Å². The van der Waals surface area contributed by atoms with E-state index in [4.69, 9.17) is 29.6 Å². The lowest BCUT2D eigenvalue weighted by atomic mass is 10.1. The summed E-state index contributed by atoms with van der Waals surface area (Å²) in [6, 6.07) is 10.4. The van der Waals surface area contributed by atoms with Gasteiger partial charge in [0.25, 0.3) is 5.91 Å². The molecule has 0 heterocycles. The van der Waals surface area contributed by atoms with Crippen LogP contribution in [0.15, 0.2) is 42.5 Å². The largest absolute Gasteiger partial charge is 0.389 e. The van der Waals surface area contributed by atoms with E-state index in [0.717, 1.165) is 0 Å². The molecular formula is C14H10ClFN2OS. The molecule has 0 unspecified atom stereocenters. The first-order chi connectivity index (χ1) is 9.47. The van der Waals surface area contributed by atoms with Gasteiger partial charge in [-0.15, -0.1) is 0 Å².